The number of carbonyl (C=O) groups is 1. The second-order valence-corrected chi connectivity index (χ2v) is 9.10. The number of carboxylic acid groups (broad SMARTS) is 1. The van der Waals surface area contributed by atoms with Crippen molar-refractivity contribution in [1.29, 1.82) is 0 Å². The number of methoxy groups -OCH3 is 1. The maximum atomic E-state index is 13.3. The monoisotopic (exact) mass is 404 g/mol. The van der Waals surface area contributed by atoms with E-state index in [0.29, 0.717) is 6.54 Å². The van der Waals surface area contributed by atoms with E-state index < -0.39 is 16.0 Å². The number of rotatable bonds is 4. The highest BCUT2D eigenvalue weighted by Gasteiger charge is 2.40. The van der Waals surface area contributed by atoms with Crippen molar-refractivity contribution in [2.75, 3.05) is 20.2 Å². The van der Waals surface area contributed by atoms with Gasteiger partial charge in [0.1, 0.15) is 10.6 Å². The van der Waals surface area contributed by atoms with Crippen LogP contribution < -0.4 is 10.3 Å². The van der Waals surface area contributed by atoms with Crippen LogP contribution in [0, 0.1) is 5.92 Å². The lowest BCUT2D eigenvalue weighted by molar-refractivity contribution is 0.0696. The summed E-state index contributed by atoms with van der Waals surface area (Å²) in [7, 11) is -2.61. The predicted molar refractivity (Wildman–Crippen MR) is 100 cm³/mol. The summed E-state index contributed by atoms with van der Waals surface area (Å²) in [5, 5.41) is 9.23. The number of benzene rings is 1. The lowest BCUT2D eigenvalue weighted by atomic mass is 9.84. The molecule has 148 valence electrons. The first-order valence-corrected chi connectivity index (χ1v) is 10.4. The number of hydrogen-bond acceptors (Lipinski definition) is 5. The van der Waals surface area contributed by atoms with Crippen LogP contribution in [0.5, 0.6) is 5.75 Å². The Labute approximate surface area is 162 Å². The van der Waals surface area contributed by atoms with Crippen LogP contribution in [0.2, 0.25) is 0 Å². The Morgan fingerprint density at radius 1 is 1.18 bits per heavy atom. The number of ether oxygens (including phenoxy) is 1. The minimum Gasteiger partial charge on any atom is -0.495 e. The second-order valence-electron chi connectivity index (χ2n) is 7.19. The first-order chi connectivity index (χ1) is 13.3. The van der Waals surface area contributed by atoms with Gasteiger partial charge in [-0.2, -0.15) is 4.31 Å². The molecule has 3 heterocycles. The summed E-state index contributed by atoms with van der Waals surface area (Å²) in [6, 6.07) is 8.88. The van der Waals surface area contributed by atoms with Gasteiger partial charge in [-0.3, -0.25) is 4.79 Å². The van der Waals surface area contributed by atoms with Crippen molar-refractivity contribution in [3.8, 4) is 5.75 Å². The average Bonchev–Trinajstić information content (AvgIpc) is 2.68. The number of nitrogens with zero attached hydrogens (tertiary/aromatic N) is 2. The molecule has 0 radical (unpaired) electrons. The zero-order valence-corrected chi connectivity index (χ0v) is 16.1. The molecule has 1 fully saturated rings. The van der Waals surface area contributed by atoms with E-state index in [4.69, 9.17) is 4.74 Å². The molecular formula is C19H20N2O6S. The highest BCUT2D eigenvalue weighted by Crippen LogP contribution is 2.38. The number of aromatic carboxylic acids is 1. The molecule has 0 amide bonds. The molecule has 2 aliphatic rings. The Kier molecular flexibility index (Phi) is 4.51. The summed E-state index contributed by atoms with van der Waals surface area (Å²) in [6.07, 6.45) is 0.821. The molecule has 2 aliphatic heterocycles. The molecule has 1 saturated heterocycles. The summed E-state index contributed by atoms with van der Waals surface area (Å²) in [6.45, 7) is 0.993. The summed E-state index contributed by atoms with van der Waals surface area (Å²) in [5.74, 6) is -1.15. The molecule has 1 N–H and O–H groups in total. The minimum atomic E-state index is -3.96. The van der Waals surface area contributed by atoms with Gasteiger partial charge >= 0.3 is 5.97 Å². The van der Waals surface area contributed by atoms with Gasteiger partial charge in [0, 0.05) is 37.3 Å². The van der Waals surface area contributed by atoms with Crippen LogP contribution in [0.1, 0.15) is 28.4 Å². The second kappa shape index (κ2) is 6.75. The van der Waals surface area contributed by atoms with Crippen molar-refractivity contribution in [1.82, 2.24) is 8.87 Å². The molecule has 0 saturated carbocycles. The Morgan fingerprint density at radius 3 is 2.68 bits per heavy atom. The van der Waals surface area contributed by atoms with Crippen LogP contribution in [0.15, 0.2) is 46.1 Å². The van der Waals surface area contributed by atoms with E-state index in [0.717, 1.165) is 18.2 Å². The minimum absolute atomic E-state index is 0.0229. The molecule has 9 heteroatoms. The van der Waals surface area contributed by atoms with Gasteiger partial charge in [0.15, 0.2) is 0 Å². The Bertz CT molecular complexity index is 1110. The predicted octanol–water partition coefficient (Wildman–Crippen LogP) is 1.36. The molecule has 1 aromatic carbocycles. The maximum Gasteiger partial charge on any atom is 0.335 e. The van der Waals surface area contributed by atoms with Gasteiger partial charge in [-0.1, -0.05) is 6.07 Å². The van der Waals surface area contributed by atoms with Crippen LogP contribution in [0.4, 0.5) is 0 Å². The lowest BCUT2D eigenvalue weighted by Crippen LogP contribution is -2.49. The first kappa shape index (κ1) is 18.7. The fraction of sp³-hybridized carbons (Fsp3) is 0.368. The summed E-state index contributed by atoms with van der Waals surface area (Å²) < 4.78 is 35.0. The van der Waals surface area contributed by atoms with E-state index in [1.165, 1.54) is 29.6 Å². The number of pyridine rings is 1. The molecule has 8 nitrogen and oxygen atoms in total. The topological polar surface area (TPSA) is 106 Å². The summed E-state index contributed by atoms with van der Waals surface area (Å²) in [4.78, 5) is 23.3. The molecule has 4 rings (SSSR count). The van der Waals surface area contributed by atoms with Gasteiger partial charge in [-0.25, -0.2) is 13.2 Å². The van der Waals surface area contributed by atoms with Gasteiger partial charge in [-0.15, -0.1) is 0 Å². The number of carboxylic acids is 1. The Balaban J connectivity index is 1.74. The van der Waals surface area contributed by atoms with E-state index >= 15 is 0 Å². The molecule has 2 unspecified atom stereocenters. The van der Waals surface area contributed by atoms with Crippen molar-refractivity contribution in [3.05, 3.63) is 58.0 Å². The number of fused-ring (bicyclic) bond motifs is 4. The van der Waals surface area contributed by atoms with Crippen molar-refractivity contribution >= 4 is 16.0 Å². The van der Waals surface area contributed by atoms with Gasteiger partial charge in [0.25, 0.3) is 5.56 Å². The molecule has 2 aromatic rings. The van der Waals surface area contributed by atoms with Gasteiger partial charge in [0.2, 0.25) is 10.0 Å². The zero-order chi connectivity index (χ0) is 20.1. The first-order valence-electron chi connectivity index (χ1n) is 8.92. The number of piperidine rings is 1. The zero-order valence-electron chi connectivity index (χ0n) is 15.2. The molecule has 0 spiro atoms. The number of hydrogen-bond donors (Lipinski definition) is 1. The van der Waals surface area contributed by atoms with Crippen LogP contribution in [0.25, 0.3) is 0 Å². The third-order valence-corrected chi connectivity index (χ3v) is 7.33. The molecule has 2 bridgehead atoms. The van der Waals surface area contributed by atoms with Crippen LogP contribution in [0.3, 0.4) is 0 Å². The molecule has 1 aromatic heterocycles. The summed E-state index contributed by atoms with van der Waals surface area (Å²) in [5.41, 5.74) is 0.655. The SMILES string of the molecule is COc1ccc(C(=O)O)cc1S(=O)(=O)N1CC2CC(C1)c1cccc(=O)n1C2. The molecular weight excluding hydrogens is 384 g/mol. The number of aromatic nitrogens is 1. The van der Waals surface area contributed by atoms with Crippen molar-refractivity contribution < 1.29 is 23.1 Å². The molecule has 0 aliphatic carbocycles. The Hall–Kier alpha value is -2.65. The Morgan fingerprint density at radius 2 is 1.96 bits per heavy atom. The summed E-state index contributed by atoms with van der Waals surface area (Å²) >= 11 is 0. The lowest BCUT2D eigenvalue weighted by Gasteiger charge is -2.42. The van der Waals surface area contributed by atoms with Gasteiger partial charge in [0.05, 0.1) is 12.7 Å². The van der Waals surface area contributed by atoms with Crippen molar-refractivity contribution in [2.24, 2.45) is 5.92 Å². The van der Waals surface area contributed by atoms with Crippen LogP contribution in [-0.4, -0.2) is 48.6 Å². The van der Waals surface area contributed by atoms with Crippen molar-refractivity contribution in [3.63, 3.8) is 0 Å². The third kappa shape index (κ3) is 3.00. The standard InChI is InChI=1S/C19H20N2O6S/c1-27-16-6-5-13(19(23)24)8-17(16)28(25,26)20-9-12-7-14(11-20)15-3-2-4-18(22)21(15)10-12/h2-6,8,12,14H,7,9-11H2,1H3,(H,23,24). The van der Waals surface area contributed by atoms with Crippen LogP contribution in [-0.2, 0) is 16.6 Å². The molecule has 28 heavy (non-hydrogen) atoms. The van der Waals surface area contributed by atoms with Crippen molar-refractivity contribution in [2.45, 2.75) is 23.8 Å². The quantitative estimate of drug-likeness (QED) is 0.825. The highest BCUT2D eigenvalue weighted by molar-refractivity contribution is 7.89. The molecule has 2 atom stereocenters. The normalized spacial score (nSPS) is 21.8. The fourth-order valence-electron chi connectivity index (χ4n) is 4.20. The van der Waals surface area contributed by atoms with E-state index in [1.807, 2.05) is 6.07 Å². The average molecular weight is 404 g/mol. The van der Waals surface area contributed by atoms with Crippen LogP contribution >= 0.6 is 0 Å². The fourth-order valence-corrected chi connectivity index (χ4v) is 5.94. The maximum absolute atomic E-state index is 13.3. The van der Waals surface area contributed by atoms with Gasteiger partial charge < -0.3 is 14.4 Å². The highest BCUT2D eigenvalue weighted by atomic mass is 32.2. The smallest absolute Gasteiger partial charge is 0.335 e. The van der Waals surface area contributed by atoms with E-state index in [1.54, 1.807) is 10.6 Å². The largest absolute Gasteiger partial charge is 0.495 e. The van der Waals surface area contributed by atoms with E-state index in [2.05, 4.69) is 0 Å². The third-order valence-electron chi connectivity index (χ3n) is 5.47. The van der Waals surface area contributed by atoms with E-state index in [-0.39, 0.29) is 46.7 Å². The van der Waals surface area contributed by atoms with Gasteiger partial charge in [-0.05, 0) is 36.6 Å². The van der Waals surface area contributed by atoms with E-state index in [9.17, 15) is 23.1 Å². The number of sulfonamides is 1.